The van der Waals surface area contributed by atoms with Gasteiger partial charge in [0.15, 0.2) is 11.5 Å². The van der Waals surface area contributed by atoms with Crippen LogP contribution in [0.5, 0.6) is 11.5 Å². The quantitative estimate of drug-likeness (QED) is 0.373. The summed E-state index contributed by atoms with van der Waals surface area (Å²) in [5, 5.41) is 24.4. The predicted octanol–water partition coefficient (Wildman–Crippen LogP) is 2.00. The van der Waals surface area contributed by atoms with Crippen molar-refractivity contribution in [2.24, 2.45) is 5.10 Å². The lowest BCUT2D eigenvalue weighted by Gasteiger charge is -2.05. The molecule has 0 spiro atoms. The summed E-state index contributed by atoms with van der Waals surface area (Å²) in [6, 6.07) is 7.69. The molecule has 2 N–H and O–H groups in total. The smallest absolute Gasteiger partial charge is 0.287 e. The van der Waals surface area contributed by atoms with Crippen LogP contribution in [0.15, 0.2) is 41.6 Å². The van der Waals surface area contributed by atoms with E-state index in [1.54, 1.807) is 18.2 Å². The van der Waals surface area contributed by atoms with E-state index in [1.807, 2.05) is 0 Å². The lowest BCUT2D eigenvalue weighted by molar-refractivity contribution is -0.385. The zero-order valence-corrected chi connectivity index (χ0v) is 12.8. The molecule has 1 heterocycles. The molecule has 0 fully saturated rings. The normalized spacial score (nSPS) is 10.5. The largest absolute Gasteiger partial charge is 0.504 e. The lowest BCUT2D eigenvalue weighted by atomic mass is 10.2. The van der Waals surface area contributed by atoms with Crippen LogP contribution in [0.3, 0.4) is 0 Å². The molecule has 118 valence electrons. The number of nitro groups is 1. The van der Waals surface area contributed by atoms with Crippen LogP contribution in [0.25, 0.3) is 0 Å². The highest BCUT2D eigenvalue weighted by Gasteiger charge is 2.08. The van der Waals surface area contributed by atoms with Gasteiger partial charge in [0.25, 0.3) is 5.69 Å². The molecule has 0 bridgehead atoms. The Morgan fingerprint density at radius 2 is 2.26 bits per heavy atom. The molecule has 23 heavy (non-hydrogen) atoms. The molecular weight excluding hydrogens is 320 g/mol. The van der Waals surface area contributed by atoms with Gasteiger partial charge in [-0.3, -0.25) is 15.5 Å². The minimum absolute atomic E-state index is 0.0417. The molecule has 2 rings (SSSR count). The SMILES string of the molecule is COc1cccc(/C=N/NC(=S)c2ccc([N+](=O)[O-])cn2)c1O. The van der Waals surface area contributed by atoms with Crippen molar-refractivity contribution < 1.29 is 14.8 Å². The number of nitrogens with one attached hydrogen (secondary N) is 1. The van der Waals surface area contributed by atoms with Gasteiger partial charge in [0.05, 0.1) is 23.9 Å². The van der Waals surface area contributed by atoms with E-state index in [4.69, 9.17) is 17.0 Å². The molecule has 0 aliphatic rings. The molecular formula is C14H12N4O4S. The number of hydrazone groups is 1. The van der Waals surface area contributed by atoms with Gasteiger partial charge in [-0.25, -0.2) is 4.98 Å². The fourth-order valence-electron chi connectivity index (χ4n) is 1.65. The maximum absolute atomic E-state index is 10.6. The fourth-order valence-corrected chi connectivity index (χ4v) is 1.83. The number of aromatic hydroxyl groups is 1. The molecule has 0 saturated heterocycles. The number of ether oxygens (including phenoxy) is 1. The van der Waals surface area contributed by atoms with Gasteiger partial charge in [0.2, 0.25) is 0 Å². The van der Waals surface area contributed by atoms with Gasteiger partial charge in [0, 0.05) is 11.6 Å². The Balaban J connectivity index is 2.05. The molecule has 9 heteroatoms. The zero-order valence-electron chi connectivity index (χ0n) is 12.0. The molecule has 0 amide bonds. The van der Waals surface area contributed by atoms with Gasteiger partial charge in [-0.05, 0) is 18.2 Å². The number of nitrogens with zero attached hydrogens (tertiary/aromatic N) is 3. The fraction of sp³-hybridized carbons (Fsp3) is 0.0714. The number of thiocarbonyl (C=S) groups is 1. The van der Waals surface area contributed by atoms with Crippen LogP contribution >= 0.6 is 12.2 Å². The first-order valence-corrected chi connectivity index (χ1v) is 6.73. The number of pyridine rings is 1. The van der Waals surface area contributed by atoms with E-state index in [0.717, 1.165) is 6.20 Å². The average molecular weight is 332 g/mol. The second-order valence-corrected chi connectivity index (χ2v) is 4.66. The molecule has 0 aliphatic heterocycles. The molecule has 0 atom stereocenters. The summed E-state index contributed by atoms with van der Waals surface area (Å²) < 4.78 is 4.99. The van der Waals surface area contributed by atoms with Crippen LogP contribution < -0.4 is 10.2 Å². The van der Waals surface area contributed by atoms with E-state index in [1.165, 1.54) is 25.5 Å². The van der Waals surface area contributed by atoms with E-state index in [9.17, 15) is 15.2 Å². The van der Waals surface area contributed by atoms with Crippen molar-refractivity contribution >= 4 is 29.1 Å². The first-order chi connectivity index (χ1) is 11.0. The second-order valence-electron chi connectivity index (χ2n) is 4.26. The van der Waals surface area contributed by atoms with Crippen molar-refractivity contribution in [3.8, 4) is 11.5 Å². The van der Waals surface area contributed by atoms with E-state index in [0.29, 0.717) is 17.0 Å². The first-order valence-electron chi connectivity index (χ1n) is 6.32. The minimum atomic E-state index is -0.545. The van der Waals surface area contributed by atoms with Crippen LogP contribution in [0.1, 0.15) is 11.3 Å². The Morgan fingerprint density at radius 1 is 1.48 bits per heavy atom. The van der Waals surface area contributed by atoms with Gasteiger partial charge in [-0.1, -0.05) is 18.3 Å². The van der Waals surface area contributed by atoms with Gasteiger partial charge < -0.3 is 9.84 Å². The van der Waals surface area contributed by atoms with Crippen LogP contribution in [-0.4, -0.2) is 33.3 Å². The number of phenols is 1. The summed E-state index contributed by atoms with van der Waals surface area (Å²) in [5.74, 6) is 0.286. The maximum atomic E-state index is 10.6. The highest BCUT2D eigenvalue weighted by atomic mass is 32.1. The molecule has 0 saturated carbocycles. The Morgan fingerprint density at radius 3 is 2.87 bits per heavy atom. The molecule has 0 aliphatic carbocycles. The summed E-state index contributed by atoms with van der Waals surface area (Å²) >= 11 is 5.08. The Kier molecular flexibility index (Phi) is 5.15. The van der Waals surface area contributed by atoms with Crippen molar-refractivity contribution in [1.29, 1.82) is 0 Å². The molecule has 0 unspecified atom stereocenters. The Hall–Kier alpha value is -3.07. The average Bonchev–Trinajstić information content (AvgIpc) is 2.56. The summed E-state index contributed by atoms with van der Waals surface area (Å²) in [6.07, 6.45) is 2.48. The van der Waals surface area contributed by atoms with Crippen LogP contribution in [0.4, 0.5) is 5.69 Å². The highest BCUT2D eigenvalue weighted by Crippen LogP contribution is 2.27. The summed E-state index contributed by atoms with van der Waals surface area (Å²) in [6.45, 7) is 0. The number of benzene rings is 1. The van der Waals surface area contributed by atoms with Crippen molar-refractivity contribution in [3.05, 3.63) is 57.9 Å². The molecule has 2 aromatic rings. The van der Waals surface area contributed by atoms with Gasteiger partial charge in [-0.15, -0.1) is 0 Å². The number of para-hydroxylation sites is 1. The molecule has 1 aromatic carbocycles. The number of phenolic OH excluding ortho intramolecular Hbond substituents is 1. The van der Waals surface area contributed by atoms with Gasteiger partial charge in [0.1, 0.15) is 11.2 Å². The molecule has 1 aromatic heterocycles. The maximum Gasteiger partial charge on any atom is 0.287 e. The highest BCUT2D eigenvalue weighted by molar-refractivity contribution is 7.80. The number of rotatable bonds is 5. The zero-order chi connectivity index (χ0) is 16.8. The van der Waals surface area contributed by atoms with Crippen LogP contribution in [0, 0.1) is 10.1 Å². The first kappa shape index (κ1) is 16.3. The van der Waals surface area contributed by atoms with Gasteiger partial charge in [-0.2, -0.15) is 5.10 Å². The third-order valence-electron chi connectivity index (χ3n) is 2.81. The lowest BCUT2D eigenvalue weighted by Crippen LogP contribution is -2.17. The molecule has 0 radical (unpaired) electrons. The standard InChI is InChI=1S/C14H12N4O4S/c1-22-12-4-2-3-9(13(12)19)7-16-17-14(23)11-6-5-10(8-15-11)18(20)21/h2-8,19H,1H3,(H,17,23)/b16-7+. The van der Waals surface area contributed by atoms with E-state index < -0.39 is 4.92 Å². The van der Waals surface area contributed by atoms with Gasteiger partial charge >= 0.3 is 0 Å². The predicted molar refractivity (Wildman–Crippen MR) is 88.0 cm³/mol. The summed E-state index contributed by atoms with van der Waals surface area (Å²) in [5.41, 5.74) is 3.24. The van der Waals surface area contributed by atoms with E-state index >= 15 is 0 Å². The van der Waals surface area contributed by atoms with Crippen LogP contribution in [0.2, 0.25) is 0 Å². The van der Waals surface area contributed by atoms with E-state index in [2.05, 4.69) is 15.5 Å². The third-order valence-corrected chi connectivity index (χ3v) is 3.11. The second kappa shape index (κ2) is 7.27. The molecule has 8 nitrogen and oxygen atoms in total. The van der Waals surface area contributed by atoms with Crippen molar-refractivity contribution in [1.82, 2.24) is 10.4 Å². The number of hydrogen-bond donors (Lipinski definition) is 2. The van der Waals surface area contributed by atoms with Crippen LogP contribution in [-0.2, 0) is 0 Å². The minimum Gasteiger partial charge on any atom is -0.504 e. The topological polar surface area (TPSA) is 110 Å². The summed E-state index contributed by atoms with van der Waals surface area (Å²) in [7, 11) is 1.45. The number of methoxy groups -OCH3 is 1. The van der Waals surface area contributed by atoms with Crippen molar-refractivity contribution in [3.63, 3.8) is 0 Å². The van der Waals surface area contributed by atoms with Crippen molar-refractivity contribution in [2.45, 2.75) is 0 Å². The van der Waals surface area contributed by atoms with E-state index in [-0.39, 0.29) is 16.4 Å². The Bertz CT molecular complexity index is 762. The van der Waals surface area contributed by atoms with Crippen molar-refractivity contribution in [2.75, 3.05) is 7.11 Å². The summed E-state index contributed by atoms with van der Waals surface area (Å²) in [4.78, 5) is 14.1. The number of hydrogen-bond acceptors (Lipinski definition) is 7. The number of aromatic nitrogens is 1. The Labute approximate surface area is 136 Å². The third kappa shape index (κ3) is 3.98. The monoisotopic (exact) mass is 332 g/mol.